The number of nitrogens with one attached hydrogen (secondary N) is 1. The van der Waals surface area contributed by atoms with Crippen LogP contribution in [0.15, 0.2) is 30.5 Å². The molecule has 24 heavy (non-hydrogen) atoms. The first-order valence-electron chi connectivity index (χ1n) is 7.40. The molecule has 3 aromatic rings. The molecule has 1 saturated carbocycles. The zero-order chi connectivity index (χ0) is 16.7. The van der Waals surface area contributed by atoms with E-state index in [1.165, 1.54) is 11.3 Å². The second kappa shape index (κ2) is 5.86. The molecule has 7 heteroatoms. The fourth-order valence-electron chi connectivity index (χ4n) is 2.43. The third-order valence-electron chi connectivity index (χ3n) is 3.82. The summed E-state index contributed by atoms with van der Waals surface area (Å²) in [6.45, 7) is 7.33. The molecule has 0 aliphatic heterocycles. The Hall–Kier alpha value is -2.49. The summed E-state index contributed by atoms with van der Waals surface area (Å²) < 4.78 is 0.789. The van der Waals surface area contributed by atoms with Crippen LogP contribution in [0, 0.1) is 12.5 Å². The van der Waals surface area contributed by atoms with E-state index in [1.807, 2.05) is 0 Å². The maximum atomic E-state index is 12.0. The van der Waals surface area contributed by atoms with Gasteiger partial charge in [0.25, 0.3) is 0 Å². The van der Waals surface area contributed by atoms with Crippen LogP contribution in [-0.2, 0) is 4.79 Å². The molecule has 0 unspecified atom stereocenters. The molecule has 1 aliphatic rings. The van der Waals surface area contributed by atoms with Gasteiger partial charge in [-0.15, -0.1) is 11.3 Å². The summed E-state index contributed by atoms with van der Waals surface area (Å²) in [6.07, 6.45) is 3.49. The topological polar surface area (TPSA) is 59.2 Å². The maximum Gasteiger partial charge on any atom is 0.228 e. The number of nitrogens with zero attached hydrogens (tertiary/aromatic N) is 3. The van der Waals surface area contributed by atoms with Crippen molar-refractivity contribution in [2.24, 2.45) is 5.92 Å². The Labute approximate surface area is 147 Å². The van der Waals surface area contributed by atoms with Gasteiger partial charge in [-0.2, -0.15) is 0 Å². The average Bonchev–Trinajstić information content (AvgIpc) is 3.34. The standard InChI is InChI=1S/C17H11ClN4OS/c1-19-11-4-2-3-10(18)13(11)17-21-12-7-8-20-15(14(12)24-17)22-16(23)9-5-6-9/h2-4,7-9H,5-6H2,(H,20,22,23). The van der Waals surface area contributed by atoms with E-state index < -0.39 is 0 Å². The minimum atomic E-state index is 0.00420. The van der Waals surface area contributed by atoms with Gasteiger partial charge in [0.05, 0.1) is 16.8 Å². The average molecular weight is 355 g/mol. The van der Waals surface area contributed by atoms with Gasteiger partial charge in [-0.25, -0.2) is 14.8 Å². The van der Waals surface area contributed by atoms with Crippen LogP contribution in [0.2, 0.25) is 5.02 Å². The zero-order valence-electron chi connectivity index (χ0n) is 12.4. The molecule has 0 spiro atoms. The van der Waals surface area contributed by atoms with E-state index in [-0.39, 0.29) is 11.8 Å². The summed E-state index contributed by atoms with van der Waals surface area (Å²) in [4.78, 5) is 24.4. The predicted molar refractivity (Wildman–Crippen MR) is 95.5 cm³/mol. The highest BCUT2D eigenvalue weighted by molar-refractivity contribution is 7.22. The quantitative estimate of drug-likeness (QED) is 0.680. The number of hydrogen-bond donors (Lipinski definition) is 1. The Bertz CT molecular complexity index is 1000. The first kappa shape index (κ1) is 15.1. The molecule has 0 bridgehead atoms. The van der Waals surface area contributed by atoms with Crippen LogP contribution < -0.4 is 5.32 Å². The molecule has 0 radical (unpaired) electrons. The fraction of sp³-hybridized carbons (Fsp3) is 0.176. The molecule has 2 aromatic heterocycles. The second-order valence-electron chi connectivity index (χ2n) is 5.54. The van der Waals surface area contributed by atoms with Crippen LogP contribution in [0.4, 0.5) is 11.5 Å². The summed E-state index contributed by atoms with van der Waals surface area (Å²) in [7, 11) is 0. The van der Waals surface area contributed by atoms with Crippen molar-refractivity contribution in [3.8, 4) is 10.6 Å². The van der Waals surface area contributed by atoms with E-state index in [2.05, 4.69) is 20.1 Å². The van der Waals surface area contributed by atoms with Gasteiger partial charge in [-0.3, -0.25) is 4.79 Å². The number of halogens is 1. The van der Waals surface area contributed by atoms with E-state index in [4.69, 9.17) is 18.2 Å². The summed E-state index contributed by atoms with van der Waals surface area (Å²) in [5.74, 6) is 0.626. The van der Waals surface area contributed by atoms with Crippen LogP contribution in [0.1, 0.15) is 12.8 Å². The van der Waals surface area contributed by atoms with Gasteiger partial charge >= 0.3 is 0 Å². The van der Waals surface area contributed by atoms with Gasteiger partial charge in [0.2, 0.25) is 5.91 Å². The van der Waals surface area contributed by atoms with Gasteiger partial charge in [-0.05, 0) is 25.0 Å². The van der Waals surface area contributed by atoms with Crippen LogP contribution in [0.25, 0.3) is 25.6 Å². The van der Waals surface area contributed by atoms with E-state index in [1.54, 1.807) is 30.5 Å². The Morgan fingerprint density at radius 1 is 1.38 bits per heavy atom. The van der Waals surface area contributed by atoms with Crippen molar-refractivity contribution in [3.05, 3.63) is 46.9 Å². The summed E-state index contributed by atoms with van der Waals surface area (Å²) in [5.41, 5.74) is 1.81. The number of rotatable bonds is 3. The highest BCUT2D eigenvalue weighted by Crippen LogP contribution is 2.42. The van der Waals surface area contributed by atoms with Crippen molar-refractivity contribution >= 4 is 50.6 Å². The largest absolute Gasteiger partial charge is 0.309 e. The Morgan fingerprint density at radius 2 is 2.21 bits per heavy atom. The monoisotopic (exact) mass is 354 g/mol. The SMILES string of the molecule is [C-]#[N+]c1cccc(Cl)c1-c1nc2ccnc(NC(=O)C3CC3)c2s1. The molecule has 1 N–H and O–H groups in total. The molecule has 0 atom stereocenters. The van der Waals surface area contributed by atoms with Gasteiger partial charge in [0, 0.05) is 22.7 Å². The lowest BCUT2D eigenvalue weighted by atomic mass is 10.2. The molecule has 2 heterocycles. The lowest BCUT2D eigenvalue weighted by Crippen LogP contribution is -2.14. The molecule has 4 rings (SSSR count). The first-order valence-corrected chi connectivity index (χ1v) is 8.59. The van der Waals surface area contributed by atoms with Crippen molar-refractivity contribution < 1.29 is 4.79 Å². The molecular formula is C17H11ClN4OS. The normalized spacial score (nSPS) is 13.7. The third-order valence-corrected chi connectivity index (χ3v) is 5.23. The Kier molecular flexibility index (Phi) is 3.68. The number of pyridine rings is 1. The van der Waals surface area contributed by atoms with Gasteiger partial charge in [-0.1, -0.05) is 23.7 Å². The highest BCUT2D eigenvalue weighted by atomic mass is 35.5. The first-order chi connectivity index (χ1) is 11.7. The maximum absolute atomic E-state index is 12.0. The molecule has 118 valence electrons. The highest BCUT2D eigenvalue weighted by Gasteiger charge is 2.30. The van der Waals surface area contributed by atoms with Crippen molar-refractivity contribution in [2.45, 2.75) is 12.8 Å². The zero-order valence-corrected chi connectivity index (χ0v) is 14.0. The molecule has 1 fully saturated rings. The summed E-state index contributed by atoms with van der Waals surface area (Å²) >= 11 is 7.66. The molecule has 1 amide bonds. The second-order valence-corrected chi connectivity index (χ2v) is 6.94. The van der Waals surface area contributed by atoms with Crippen molar-refractivity contribution in [3.63, 3.8) is 0 Å². The number of aromatic nitrogens is 2. The van der Waals surface area contributed by atoms with Crippen molar-refractivity contribution in [1.29, 1.82) is 0 Å². The number of anilines is 1. The Morgan fingerprint density at radius 3 is 2.96 bits per heavy atom. The number of amides is 1. The number of fused-ring (bicyclic) bond motifs is 1. The fourth-order valence-corrected chi connectivity index (χ4v) is 3.82. The summed E-state index contributed by atoms with van der Waals surface area (Å²) in [5, 5.41) is 4.02. The lowest BCUT2D eigenvalue weighted by molar-refractivity contribution is -0.117. The predicted octanol–water partition coefficient (Wildman–Crippen LogP) is 4.91. The van der Waals surface area contributed by atoms with Gasteiger partial charge < -0.3 is 5.32 Å². The molecule has 5 nitrogen and oxygen atoms in total. The van der Waals surface area contributed by atoms with E-state index in [0.29, 0.717) is 27.1 Å². The number of carbonyl (C=O) groups excluding carboxylic acids is 1. The van der Waals surface area contributed by atoms with E-state index in [9.17, 15) is 4.79 Å². The van der Waals surface area contributed by atoms with Gasteiger partial charge in [0.15, 0.2) is 11.5 Å². The van der Waals surface area contributed by atoms with Crippen LogP contribution in [0.3, 0.4) is 0 Å². The smallest absolute Gasteiger partial charge is 0.228 e. The summed E-state index contributed by atoms with van der Waals surface area (Å²) in [6, 6.07) is 6.99. The number of benzene rings is 1. The molecule has 0 saturated heterocycles. The van der Waals surface area contributed by atoms with Crippen molar-refractivity contribution in [2.75, 3.05) is 5.32 Å². The van der Waals surface area contributed by atoms with Gasteiger partial charge in [0.1, 0.15) is 5.01 Å². The van der Waals surface area contributed by atoms with E-state index in [0.717, 1.165) is 23.1 Å². The molecule has 1 aromatic carbocycles. The minimum absolute atomic E-state index is 0.00420. The van der Waals surface area contributed by atoms with Crippen molar-refractivity contribution in [1.82, 2.24) is 9.97 Å². The third kappa shape index (κ3) is 2.62. The lowest BCUT2D eigenvalue weighted by Gasteiger charge is -2.03. The van der Waals surface area contributed by atoms with E-state index >= 15 is 0 Å². The minimum Gasteiger partial charge on any atom is -0.309 e. The Balaban J connectivity index is 1.82. The van der Waals surface area contributed by atoms with Crippen LogP contribution in [-0.4, -0.2) is 15.9 Å². The molecular weight excluding hydrogens is 344 g/mol. The number of thiazole rings is 1. The number of carbonyl (C=O) groups is 1. The molecule has 1 aliphatic carbocycles. The number of hydrogen-bond acceptors (Lipinski definition) is 4. The van der Waals surface area contributed by atoms with Crippen LogP contribution in [0.5, 0.6) is 0 Å². The van der Waals surface area contributed by atoms with Crippen LogP contribution >= 0.6 is 22.9 Å².